The van der Waals surface area contributed by atoms with Gasteiger partial charge in [0.05, 0.1) is 0 Å². The number of H-pyrrole nitrogens is 1. The third-order valence-corrected chi connectivity index (χ3v) is 5.17. The summed E-state index contributed by atoms with van der Waals surface area (Å²) in [5, 5.41) is 3.77. The molecule has 1 aromatic heterocycles. The number of nitrogens with two attached hydrogens (primary N) is 1. The molecule has 0 aliphatic heterocycles. The van der Waals surface area contributed by atoms with Gasteiger partial charge in [-0.1, -0.05) is 18.2 Å². The number of likely N-dealkylation sites (N-methyl/N-ethyl adjacent to an activating group) is 1. The van der Waals surface area contributed by atoms with Crippen LogP contribution in [0, 0.1) is 12.8 Å². The average Bonchev–Trinajstić information content (AvgIpc) is 2.82. The number of amides is 1. The highest BCUT2D eigenvalue weighted by atomic mass is 32.2. The largest absolute Gasteiger partial charge is 0.368 e. The van der Waals surface area contributed by atoms with Crippen LogP contribution in [0.15, 0.2) is 16.0 Å². The molecule has 21 heavy (non-hydrogen) atoms. The van der Waals surface area contributed by atoms with Crippen LogP contribution in [0.4, 0.5) is 0 Å². The van der Waals surface area contributed by atoms with Crippen LogP contribution < -0.4 is 16.6 Å². The zero-order valence-corrected chi connectivity index (χ0v) is 13.3. The number of nitrogens with zero attached hydrogens (tertiary/aromatic N) is 1. The molecule has 0 aromatic carbocycles. The van der Waals surface area contributed by atoms with Crippen molar-refractivity contribution in [2.45, 2.75) is 43.3 Å². The predicted molar refractivity (Wildman–Crippen MR) is 83.3 cm³/mol. The lowest BCUT2D eigenvalue weighted by Crippen LogP contribution is -2.56. The van der Waals surface area contributed by atoms with Crippen molar-refractivity contribution >= 4 is 17.7 Å². The van der Waals surface area contributed by atoms with Crippen LogP contribution in [0.1, 0.15) is 31.4 Å². The number of aromatic nitrogens is 2. The number of primary amides is 1. The van der Waals surface area contributed by atoms with Gasteiger partial charge in [-0.25, -0.2) is 4.98 Å². The molecule has 1 heterocycles. The third-order valence-electron chi connectivity index (χ3n) is 4.26. The van der Waals surface area contributed by atoms with Crippen molar-refractivity contribution in [2.24, 2.45) is 11.7 Å². The van der Waals surface area contributed by atoms with Crippen LogP contribution in [0.25, 0.3) is 0 Å². The Balaban J connectivity index is 1.96. The lowest BCUT2D eigenvalue weighted by molar-refractivity contribution is -0.125. The lowest BCUT2D eigenvalue weighted by atomic mass is 9.84. The Morgan fingerprint density at radius 1 is 1.67 bits per heavy atom. The highest BCUT2D eigenvalue weighted by Gasteiger charge is 2.45. The zero-order chi connectivity index (χ0) is 15.5. The molecule has 2 unspecified atom stereocenters. The second-order valence-electron chi connectivity index (χ2n) is 5.50. The fraction of sp³-hybridized carbons (Fsp3) is 0.643. The predicted octanol–water partition coefficient (Wildman–Crippen LogP) is 0.804. The van der Waals surface area contributed by atoms with Gasteiger partial charge >= 0.3 is 0 Å². The molecule has 1 aromatic rings. The van der Waals surface area contributed by atoms with Gasteiger partial charge in [-0.2, -0.15) is 0 Å². The van der Waals surface area contributed by atoms with Crippen LogP contribution in [-0.2, 0) is 4.79 Å². The molecule has 4 N–H and O–H groups in total. The van der Waals surface area contributed by atoms with E-state index in [9.17, 15) is 9.59 Å². The molecule has 6 nitrogen and oxygen atoms in total. The van der Waals surface area contributed by atoms with Gasteiger partial charge in [0, 0.05) is 17.5 Å². The normalized spacial score (nSPS) is 25.1. The molecule has 2 rings (SSSR count). The van der Waals surface area contributed by atoms with Crippen molar-refractivity contribution in [2.75, 3.05) is 12.8 Å². The third kappa shape index (κ3) is 3.47. The first-order valence-corrected chi connectivity index (χ1v) is 8.16. The maximum absolute atomic E-state index is 11.8. The molecule has 1 saturated carbocycles. The van der Waals surface area contributed by atoms with Crippen LogP contribution in [0.2, 0.25) is 0 Å². The van der Waals surface area contributed by atoms with Crippen molar-refractivity contribution < 1.29 is 4.79 Å². The smallest absolute Gasteiger partial charge is 0.251 e. The highest BCUT2D eigenvalue weighted by molar-refractivity contribution is 7.99. The van der Waals surface area contributed by atoms with Crippen molar-refractivity contribution in [3.63, 3.8) is 0 Å². The molecule has 0 spiro atoms. The van der Waals surface area contributed by atoms with Gasteiger partial charge in [-0.05, 0) is 39.2 Å². The summed E-state index contributed by atoms with van der Waals surface area (Å²) in [6.45, 7) is 1.80. The summed E-state index contributed by atoms with van der Waals surface area (Å²) >= 11 is 1.51. The Hall–Kier alpha value is -1.34. The minimum absolute atomic E-state index is 0.132. The number of carbonyl (C=O) groups is 1. The van der Waals surface area contributed by atoms with Crippen LogP contribution in [0.3, 0.4) is 0 Å². The maximum atomic E-state index is 11.8. The van der Waals surface area contributed by atoms with Gasteiger partial charge in [0.15, 0.2) is 5.16 Å². The summed E-state index contributed by atoms with van der Waals surface area (Å²) in [5.74, 6) is 0.775. The molecule has 1 aliphatic rings. The summed E-state index contributed by atoms with van der Waals surface area (Å²) in [4.78, 5) is 30.2. The molecule has 0 radical (unpaired) electrons. The van der Waals surface area contributed by atoms with E-state index in [2.05, 4.69) is 15.3 Å². The van der Waals surface area contributed by atoms with Gasteiger partial charge in [0.1, 0.15) is 5.54 Å². The molecule has 1 aliphatic carbocycles. The first-order valence-electron chi connectivity index (χ1n) is 7.17. The Kier molecular flexibility index (Phi) is 5.05. The summed E-state index contributed by atoms with van der Waals surface area (Å²) in [6, 6.07) is 1.47. The Morgan fingerprint density at radius 3 is 3.05 bits per heavy atom. The Labute approximate surface area is 128 Å². The molecule has 1 amide bonds. The lowest BCUT2D eigenvalue weighted by Gasteiger charge is -2.32. The van der Waals surface area contributed by atoms with Crippen molar-refractivity contribution in [3.05, 3.63) is 22.1 Å². The molecule has 7 heteroatoms. The number of hydrogen-bond donors (Lipinski definition) is 3. The van der Waals surface area contributed by atoms with E-state index in [1.54, 1.807) is 14.0 Å². The molecule has 0 saturated heterocycles. The first kappa shape index (κ1) is 16.0. The summed E-state index contributed by atoms with van der Waals surface area (Å²) < 4.78 is 0. The highest BCUT2D eigenvalue weighted by Crippen LogP contribution is 2.38. The number of hydrogen-bond acceptors (Lipinski definition) is 5. The molecular formula is C14H22N4O2S. The number of aromatic amines is 1. The first-order chi connectivity index (χ1) is 9.98. The van der Waals surface area contributed by atoms with Gasteiger partial charge in [0.2, 0.25) is 5.91 Å². The van der Waals surface area contributed by atoms with Gasteiger partial charge < -0.3 is 16.0 Å². The molecular weight excluding hydrogens is 288 g/mol. The molecule has 0 bridgehead atoms. The van der Waals surface area contributed by atoms with E-state index in [1.165, 1.54) is 17.8 Å². The quantitative estimate of drug-likeness (QED) is 0.533. The van der Waals surface area contributed by atoms with Gasteiger partial charge in [-0.15, -0.1) is 0 Å². The van der Waals surface area contributed by atoms with E-state index >= 15 is 0 Å². The van der Waals surface area contributed by atoms with E-state index in [1.807, 2.05) is 0 Å². The Morgan fingerprint density at radius 2 is 2.43 bits per heavy atom. The number of aryl methyl sites for hydroxylation is 1. The zero-order valence-electron chi connectivity index (χ0n) is 12.4. The van der Waals surface area contributed by atoms with E-state index in [4.69, 9.17) is 5.73 Å². The molecule has 2 atom stereocenters. The Bertz CT molecular complexity index is 574. The van der Waals surface area contributed by atoms with Crippen LogP contribution in [0.5, 0.6) is 0 Å². The van der Waals surface area contributed by atoms with Crippen molar-refractivity contribution in [1.29, 1.82) is 0 Å². The average molecular weight is 310 g/mol. The number of nitrogens with one attached hydrogen (secondary N) is 2. The minimum Gasteiger partial charge on any atom is -0.368 e. The monoisotopic (exact) mass is 310 g/mol. The van der Waals surface area contributed by atoms with Gasteiger partial charge in [0.25, 0.3) is 5.56 Å². The fourth-order valence-corrected chi connectivity index (χ4v) is 4.14. The fourth-order valence-electron chi connectivity index (χ4n) is 3.16. The van der Waals surface area contributed by atoms with E-state index in [0.29, 0.717) is 10.9 Å². The van der Waals surface area contributed by atoms with Crippen molar-refractivity contribution in [1.82, 2.24) is 15.3 Å². The van der Waals surface area contributed by atoms with E-state index in [0.717, 1.165) is 31.4 Å². The SMILES string of the molecule is CNC1(C(N)=O)CCCC1CCSc1nc(C)cc(=O)[nH]1. The van der Waals surface area contributed by atoms with Crippen molar-refractivity contribution in [3.8, 4) is 0 Å². The topological polar surface area (TPSA) is 101 Å². The minimum atomic E-state index is -0.575. The second-order valence-corrected chi connectivity index (χ2v) is 6.59. The summed E-state index contributed by atoms with van der Waals surface area (Å²) in [5.41, 5.74) is 5.59. The summed E-state index contributed by atoms with van der Waals surface area (Å²) in [7, 11) is 1.80. The van der Waals surface area contributed by atoms with Crippen LogP contribution >= 0.6 is 11.8 Å². The number of rotatable bonds is 6. The maximum Gasteiger partial charge on any atom is 0.251 e. The van der Waals surface area contributed by atoms with Gasteiger partial charge in [-0.3, -0.25) is 9.59 Å². The summed E-state index contributed by atoms with van der Waals surface area (Å²) in [6.07, 6.45) is 3.68. The standard InChI is InChI=1S/C14H22N4O2S/c1-9-8-11(19)18-13(17-9)21-7-5-10-4-3-6-14(10,16-2)12(15)20/h8,10,16H,3-7H2,1-2H3,(H2,15,20)(H,17,18,19). The second kappa shape index (κ2) is 6.62. The van der Waals surface area contributed by atoms with E-state index in [-0.39, 0.29) is 17.4 Å². The number of carbonyl (C=O) groups excluding carboxylic acids is 1. The van der Waals surface area contributed by atoms with Crippen LogP contribution in [-0.4, -0.2) is 34.2 Å². The molecule has 1 fully saturated rings. The van der Waals surface area contributed by atoms with E-state index < -0.39 is 5.54 Å². The number of thioether (sulfide) groups is 1. The molecule has 116 valence electrons.